The van der Waals surface area contributed by atoms with Gasteiger partial charge in [-0.05, 0) is 11.1 Å². The molecule has 0 saturated heterocycles. The maximum atomic E-state index is 10.3. The third-order valence-electron chi connectivity index (χ3n) is 2.20. The molecule has 0 aliphatic carbocycles. The maximum Gasteiger partial charge on any atom is 0.317 e. The van der Waals surface area contributed by atoms with Crippen LogP contribution in [0.4, 0.5) is 0 Å². The number of rotatable bonds is 8. The molecule has 0 aliphatic rings. The first-order chi connectivity index (χ1) is 8.58. The van der Waals surface area contributed by atoms with Gasteiger partial charge in [-0.3, -0.25) is 9.59 Å². The minimum absolute atomic E-state index is 0. The summed E-state index contributed by atoms with van der Waals surface area (Å²) in [6, 6.07) is 7.53. The maximum absolute atomic E-state index is 10.3. The lowest BCUT2D eigenvalue weighted by Gasteiger charge is -2.06. The molecule has 6 nitrogen and oxygen atoms in total. The van der Waals surface area contributed by atoms with Gasteiger partial charge in [0, 0.05) is 13.1 Å². The first-order valence-corrected chi connectivity index (χ1v) is 5.51. The van der Waals surface area contributed by atoms with E-state index in [1.165, 1.54) is 0 Å². The standard InChI is InChI=1S/C12H16N2O4.2ClH/c15-11(16)7-13-5-9-2-1-3-10(4-9)6-14-8-12(17)18;;/h1-4,13-14H,5-8H2,(H,15,16)(H,17,18);2*1H. The first kappa shape index (κ1) is 21.0. The molecule has 0 aromatic heterocycles. The second-order valence-electron chi connectivity index (χ2n) is 3.81. The Morgan fingerprint density at radius 3 is 1.65 bits per heavy atom. The monoisotopic (exact) mass is 324 g/mol. The Bertz CT molecular complexity index is 394. The van der Waals surface area contributed by atoms with E-state index in [0.29, 0.717) is 13.1 Å². The van der Waals surface area contributed by atoms with Crippen molar-refractivity contribution in [1.82, 2.24) is 10.6 Å². The molecule has 4 N–H and O–H groups in total. The van der Waals surface area contributed by atoms with Crippen LogP contribution in [0, 0.1) is 0 Å². The van der Waals surface area contributed by atoms with Crippen molar-refractivity contribution in [3.8, 4) is 0 Å². The fraction of sp³-hybridized carbons (Fsp3) is 0.333. The van der Waals surface area contributed by atoms with Crippen LogP contribution in [0.5, 0.6) is 0 Å². The number of benzene rings is 1. The summed E-state index contributed by atoms with van der Waals surface area (Å²) >= 11 is 0. The molecule has 0 amide bonds. The minimum atomic E-state index is -0.894. The zero-order valence-electron chi connectivity index (χ0n) is 10.7. The van der Waals surface area contributed by atoms with Crippen LogP contribution in [0.3, 0.4) is 0 Å². The third-order valence-corrected chi connectivity index (χ3v) is 2.20. The van der Waals surface area contributed by atoms with Gasteiger partial charge in [0.1, 0.15) is 0 Å². The summed E-state index contributed by atoms with van der Waals surface area (Å²) in [6.45, 7) is 0.779. The highest BCUT2D eigenvalue weighted by Crippen LogP contribution is 2.04. The van der Waals surface area contributed by atoms with Crippen molar-refractivity contribution >= 4 is 36.8 Å². The van der Waals surface area contributed by atoms with Gasteiger partial charge in [0.25, 0.3) is 0 Å². The minimum Gasteiger partial charge on any atom is -0.480 e. The largest absolute Gasteiger partial charge is 0.480 e. The Hall–Kier alpha value is -1.34. The highest BCUT2D eigenvalue weighted by Gasteiger charge is 2.00. The number of carbonyl (C=O) groups is 2. The zero-order valence-corrected chi connectivity index (χ0v) is 12.3. The van der Waals surface area contributed by atoms with E-state index in [4.69, 9.17) is 10.2 Å². The number of halogens is 2. The predicted molar refractivity (Wildman–Crippen MR) is 79.6 cm³/mol. The Labute approximate surface area is 129 Å². The molecule has 0 radical (unpaired) electrons. The number of aliphatic carboxylic acids is 2. The quantitative estimate of drug-likeness (QED) is 0.566. The van der Waals surface area contributed by atoms with Crippen molar-refractivity contribution in [2.75, 3.05) is 13.1 Å². The lowest BCUT2D eigenvalue weighted by molar-refractivity contribution is -0.137. The molecule has 0 aliphatic heterocycles. The predicted octanol–water partition coefficient (Wildman–Crippen LogP) is 0.879. The van der Waals surface area contributed by atoms with Crippen LogP contribution in [0.1, 0.15) is 11.1 Å². The number of hydrogen-bond donors (Lipinski definition) is 4. The average Bonchev–Trinajstić information content (AvgIpc) is 2.28. The van der Waals surface area contributed by atoms with E-state index in [1.54, 1.807) is 0 Å². The van der Waals surface area contributed by atoms with Gasteiger partial charge in [0.2, 0.25) is 0 Å². The van der Waals surface area contributed by atoms with E-state index in [9.17, 15) is 9.59 Å². The Morgan fingerprint density at radius 2 is 1.30 bits per heavy atom. The van der Waals surface area contributed by atoms with E-state index < -0.39 is 11.9 Å². The molecule has 0 bridgehead atoms. The van der Waals surface area contributed by atoms with E-state index >= 15 is 0 Å². The summed E-state index contributed by atoms with van der Waals surface area (Å²) in [5, 5.41) is 22.5. The Balaban J connectivity index is 0. The van der Waals surface area contributed by atoms with Gasteiger partial charge in [0.15, 0.2) is 0 Å². The lowest BCUT2D eigenvalue weighted by Crippen LogP contribution is -2.23. The van der Waals surface area contributed by atoms with Crippen LogP contribution in [0.2, 0.25) is 0 Å². The van der Waals surface area contributed by atoms with Gasteiger partial charge >= 0.3 is 11.9 Å². The van der Waals surface area contributed by atoms with Crippen molar-refractivity contribution in [2.24, 2.45) is 0 Å². The fourth-order valence-corrected chi connectivity index (χ4v) is 1.48. The lowest BCUT2D eigenvalue weighted by atomic mass is 10.1. The van der Waals surface area contributed by atoms with Crippen LogP contribution in [0.15, 0.2) is 24.3 Å². The van der Waals surface area contributed by atoms with Gasteiger partial charge in [0.05, 0.1) is 13.1 Å². The first-order valence-electron chi connectivity index (χ1n) is 5.51. The van der Waals surface area contributed by atoms with Crippen LogP contribution < -0.4 is 10.6 Å². The summed E-state index contributed by atoms with van der Waals surface area (Å²) in [7, 11) is 0. The third kappa shape index (κ3) is 9.57. The molecule has 0 fully saturated rings. The van der Waals surface area contributed by atoms with Gasteiger partial charge < -0.3 is 20.8 Å². The summed E-state index contributed by atoms with van der Waals surface area (Å²) < 4.78 is 0. The van der Waals surface area contributed by atoms with Gasteiger partial charge in [-0.2, -0.15) is 0 Å². The second-order valence-corrected chi connectivity index (χ2v) is 3.81. The molecule has 0 saturated carbocycles. The van der Waals surface area contributed by atoms with Crippen molar-refractivity contribution in [1.29, 1.82) is 0 Å². The molecule has 0 heterocycles. The summed E-state index contributed by atoms with van der Waals surface area (Å²) in [5.74, 6) is -1.79. The van der Waals surface area contributed by atoms with Crippen molar-refractivity contribution in [3.05, 3.63) is 35.4 Å². The second kappa shape index (κ2) is 11.5. The number of carboxylic acids is 2. The molecular formula is C12H18Cl2N2O4. The van der Waals surface area contributed by atoms with Crippen LogP contribution in [-0.4, -0.2) is 35.2 Å². The molecule has 1 aromatic carbocycles. The van der Waals surface area contributed by atoms with Crippen molar-refractivity contribution in [2.45, 2.75) is 13.1 Å². The van der Waals surface area contributed by atoms with Gasteiger partial charge in [-0.25, -0.2) is 0 Å². The fourth-order valence-electron chi connectivity index (χ4n) is 1.48. The van der Waals surface area contributed by atoms with E-state index in [-0.39, 0.29) is 37.9 Å². The smallest absolute Gasteiger partial charge is 0.317 e. The summed E-state index contributed by atoms with van der Waals surface area (Å²) in [6.07, 6.45) is 0. The van der Waals surface area contributed by atoms with Gasteiger partial charge in [-0.1, -0.05) is 24.3 Å². The van der Waals surface area contributed by atoms with Gasteiger partial charge in [-0.15, -0.1) is 24.8 Å². The Morgan fingerprint density at radius 1 is 0.900 bits per heavy atom. The molecule has 0 spiro atoms. The van der Waals surface area contributed by atoms with Crippen LogP contribution in [-0.2, 0) is 22.7 Å². The molecule has 0 atom stereocenters. The molecule has 1 rings (SSSR count). The SMILES string of the molecule is Cl.Cl.O=C(O)CNCc1cccc(CNCC(=O)O)c1. The molecule has 114 valence electrons. The zero-order chi connectivity index (χ0) is 13.4. The summed E-state index contributed by atoms with van der Waals surface area (Å²) in [4.78, 5) is 20.7. The molecule has 1 aromatic rings. The van der Waals surface area contributed by atoms with Crippen LogP contribution >= 0.6 is 24.8 Å². The van der Waals surface area contributed by atoms with Crippen molar-refractivity contribution < 1.29 is 19.8 Å². The van der Waals surface area contributed by atoms with Crippen LogP contribution in [0.25, 0.3) is 0 Å². The van der Waals surface area contributed by atoms with E-state index in [1.807, 2.05) is 24.3 Å². The topological polar surface area (TPSA) is 98.7 Å². The highest BCUT2D eigenvalue weighted by atomic mass is 35.5. The summed E-state index contributed by atoms with van der Waals surface area (Å²) in [5.41, 5.74) is 1.93. The molecule has 8 heteroatoms. The highest BCUT2D eigenvalue weighted by molar-refractivity contribution is 5.85. The molecular weight excluding hydrogens is 307 g/mol. The van der Waals surface area contributed by atoms with E-state index in [0.717, 1.165) is 11.1 Å². The molecule has 20 heavy (non-hydrogen) atoms. The number of carboxylic acid groups (broad SMARTS) is 2. The number of hydrogen-bond acceptors (Lipinski definition) is 4. The van der Waals surface area contributed by atoms with E-state index in [2.05, 4.69) is 10.6 Å². The molecule has 0 unspecified atom stereocenters. The average molecular weight is 325 g/mol. The Kier molecular flexibility index (Phi) is 12.0. The normalized spacial score (nSPS) is 9.20. The van der Waals surface area contributed by atoms with Crippen molar-refractivity contribution in [3.63, 3.8) is 0 Å². The number of nitrogens with one attached hydrogen (secondary N) is 2.